The van der Waals surface area contributed by atoms with Crippen molar-refractivity contribution in [2.75, 3.05) is 26.7 Å². The summed E-state index contributed by atoms with van der Waals surface area (Å²) in [5.74, 6) is 0.395. The molecule has 2 aliphatic rings. The van der Waals surface area contributed by atoms with Gasteiger partial charge in [-0.3, -0.25) is 9.59 Å². The van der Waals surface area contributed by atoms with Gasteiger partial charge in [-0.25, -0.2) is 4.39 Å². The second kappa shape index (κ2) is 7.02. The van der Waals surface area contributed by atoms with E-state index < -0.39 is 5.41 Å². The molecule has 6 heteroatoms. The highest BCUT2D eigenvalue weighted by atomic mass is 19.1. The van der Waals surface area contributed by atoms with Crippen LogP contribution >= 0.6 is 0 Å². The van der Waals surface area contributed by atoms with Gasteiger partial charge in [0.1, 0.15) is 11.6 Å². The monoisotopic (exact) mass is 348 g/mol. The summed E-state index contributed by atoms with van der Waals surface area (Å²) in [7, 11) is 1.54. The van der Waals surface area contributed by atoms with Gasteiger partial charge < -0.3 is 14.5 Å². The van der Waals surface area contributed by atoms with Crippen LogP contribution in [-0.4, -0.2) is 48.4 Å². The topological polar surface area (TPSA) is 49.9 Å². The maximum absolute atomic E-state index is 14.1. The Hall–Kier alpha value is -2.11. The molecule has 2 heterocycles. The summed E-state index contributed by atoms with van der Waals surface area (Å²) in [5.41, 5.74) is -0.0254. The first-order chi connectivity index (χ1) is 12.0. The van der Waals surface area contributed by atoms with Gasteiger partial charge in [-0.05, 0) is 37.5 Å². The average molecular weight is 348 g/mol. The maximum Gasteiger partial charge on any atom is 0.230 e. The van der Waals surface area contributed by atoms with Crippen molar-refractivity contribution in [3.05, 3.63) is 29.6 Å². The van der Waals surface area contributed by atoms with Gasteiger partial charge in [-0.1, -0.05) is 6.92 Å². The molecule has 0 saturated carbocycles. The van der Waals surface area contributed by atoms with E-state index in [0.717, 1.165) is 12.8 Å². The lowest BCUT2D eigenvalue weighted by Crippen LogP contribution is -2.50. The zero-order chi connectivity index (χ0) is 18.0. The molecule has 1 spiro atoms. The van der Waals surface area contributed by atoms with Crippen LogP contribution in [0.1, 0.15) is 38.2 Å². The molecule has 1 atom stereocenters. The number of benzene rings is 1. The van der Waals surface area contributed by atoms with Crippen molar-refractivity contribution in [3.8, 4) is 5.75 Å². The van der Waals surface area contributed by atoms with Crippen molar-refractivity contribution in [1.82, 2.24) is 9.80 Å². The Morgan fingerprint density at radius 3 is 2.84 bits per heavy atom. The van der Waals surface area contributed by atoms with Gasteiger partial charge in [0.15, 0.2) is 0 Å². The zero-order valence-electron chi connectivity index (χ0n) is 14.9. The molecule has 5 nitrogen and oxygen atoms in total. The Morgan fingerprint density at radius 2 is 2.12 bits per heavy atom. The number of hydrogen-bond acceptors (Lipinski definition) is 3. The highest BCUT2D eigenvalue weighted by molar-refractivity contribution is 5.86. The van der Waals surface area contributed by atoms with Gasteiger partial charge in [0.2, 0.25) is 11.8 Å². The van der Waals surface area contributed by atoms with Crippen molar-refractivity contribution in [1.29, 1.82) is 0 Å². The normalized spacial score (nSPS) is 23.4. The summed E-state index contributed by atoms with van der Waals surface area (Å²) in [6.07, 6.45) is 2.85. The number of amides is 2. The fourth-order valence-corrected chi connectivity index (χ4v) is 4.00. The first kappa shape index (κ1) is 17.7. The number of carbonyl (C=O) groups excluding carboxylic acids is 2. The van der Waals surface area contributed by atoms with Crippen LogP contribution in [0.4, 0.5) is 4.39 Å². The van der Waals surface area contributed by atoms with Crippen molar-refractivity contribution in [2.24, 2.45) is 5.41 Å². The maximum atomic E-state index is 14.1. The lowest BCUT2D eigenvalue weighted by Gasteiger charge is -2.39. The average Bonchev–Trinajstić information content (AvgIpc) is 3.05. The minimum atomic E-state index is -0.488. The van der Waals surface area contributed by atoms with E-state index in [0.29, 0.717) is 43.8 Å². The molecule has 0 N–H and O–H groups in total. The summed E-state index contributed by atoms with van der Waals surface area (Å²) < 4.78 is 19.3. The minimum Gasteiger partial charge on any atom is -0.497 e. The number of likely N-dealkylation sites (tertiary alicyclic amines) is 2. The molecule has 1 aromatic rings. The van der Waals surface area contributed by atoms with E-state index in [4.69, 9.17) is 4.74 Å². The Balaban J connectivity index is 1.76. The summed E-state index contributed by atoms with van der Waals surface area (Å²) in [5, 5.41) is 0. The molecule has 2 aliphatic heterocycles. The van der Waals surface area contributed by atoms with Crippen molar-refractivity contribution < 1.29 is 18.7 Å². The van der Waals surface area contributed by atoms with Gasteiger partial charge in [0.25, 0.3) is 0 Å². The van der Waals surface area contributed by atoms with Crippen LogP contribution in [0, 0.1) is 11.2 Å². The van der Waals surface area contributed by atoms with E-state index in [9.17, 15) is 14.0 Å². The molecule has 2 saturated heterocycles. The molecule has 136 valence electrons. The molecule has 0 aliphatic carbocycles. The molecule has 2 fully saturated rings. The number of rotatable bonds is 4. The molecule has 0 aromatic heterocycles. The number of ether oxygens (including phenoxy) is 1. The number of carbonyl (C=O) groups is 2. The van der Waals surface area contributed by atoms with Crippen LogP contribution in [-0.2, 0) is 16.1 Å². The molecule has 25 heavy (non-hydrogen) atoms. The first-order valence-electron chi connectivity index (χ1n) is 8.88. The van der Waals surface area contributed by atoms with E-state index in [1.807, 2.05) is 6.92 Å². The third kappa shape index (κ3) is 3.34. The SMILES string of the molecule is CCC(=O)N1CC[C@@]2(CCCN(Cc3cc(OC)ccc3F)C2=O)C1. The van der Waals surface area contributed by atoms with Gasteiger partial charge in [0, 0.05) is 38.2 Å². The largest absolute Gasteiger partial charge is 0.497 e. The molecular weight excluding hydrogens is 323 g/mol. The summed E-state index contributed by atoms with van der Waals surface area (Å²) in [6, 6.07) is 4.59. The summed E-state index contributed by atoms with van der Waals surface area (Å²) in [4.78, 5) is 28.6. The van der Waals surface area contributed by atoms with E-state index in [1.165, 1.54) is 13.2 Å². The van der Waals surface area contributed by atoms with Crippen LogP contribution in [0.15, 0.2) is 18.2 Å². The second-order valence-corrected chi connectivity index (χ2v) is 6.99. The second-order valence-electron chi connectivity index (χ2n) is 6.99. The molecule has 0 bridgehead atoms. The van der Waals surface area contributed by atoms with Crippen LogP contribution in [0.2, 0.25) is 0 Å². The fraction of sp³-hybridized carbons (Fsp3) is 0.579. The highest BCUT2D eigenvalue weighted by Gasteiger charge is 2.49. The fourth-order valence-electron chi connectivity index (χ4n) is 4.00. The Morgan fingerprint density at radius 1 is 1.32 bits per heavy atom. The van der Waals surface area contributed by atoms with Crippen LogP contribution in [0.5, 0.6) is 5.75 Å². The third-order valence-corrected chi connectivity index (χ3v) is 5.45. The lowest BCUT2D eigenvalue weighted by atomic mass is 9.78. The molecule has 1 aromatic carbocycles. The number of nitrogens with zero attached hydrogens (tertiary/aromatic N) is 2. The molecule has 2 amide bonds. The van der Waals surface area contributed by atoms with E-state index in [-0.39, 0.29) is 24.2 Å². The number of hydrogen-bond donors (Lipinski definition) is 0. The van der Waals surface area contributed by atoms with Crippen molar-refractivity contribution >= 4 is 11.8 Å². The van der Waals surface area contributed by atoms with E-state index >= 15 is 0 Å². The lowest BCUT2D eigenvalue weighted by molar-refractivity contribution is -0.146. The summed E-state index contributed by atoms with van der Waals surface area (Å²) >= 11 is 0. The Bertz CT molecular complexity index is 679. The Labute approximate surface area is 147 Å². The standard InChI is InChI=1S/C19H25FN2O3/c1-3-17(23)22-10-8-19(13-22)7-4-9-21(18(19)24)12-14-11-15(25-2)5-6-16(14)20/h5-6,11H,3-4,7-10,12-13H2,1-2H3/t19-/m0/s1. The van der Waals surface area contributed by atoms with Crippen LogP contribution in [0.3, 0.4) is 0 Å². The quantitative estimate of drug-likeness (QED) is 0.840. The van der Waals surface area contributed by atoms with E-state index in [1.54, 1.807) is 21.9 Å². The van der Waals surface area contributed by atoms with Gasteiger partial charge in [-0.15, -0.1) is 0 Å². The molecule has 0 unspecified atom stereocenters. The zero-order valence-corrected chi connectivity index (χ0v) is 14.9. The highest BCUT2D eigenvalue weighted by Crippen LogP contribution is 2.40. The van der Waals surface area contributed by atoms with Crippen LogP contribution < -0.4 is 4.74 Å². The third-order valence-electron chi connectivity index (χ3n) is 5.45. The smallest absolute Gasteiger partial charge is 0.230 e. The van der Waals surface area contributed by atoms with Crippen molar-refractivity contribution in [3.63, 3.8) is 0 Å². The molecule has 3 rings (SSSR count). The number of halogens is 1. The number of piperidine rings is 1. The van der Waals surface area contributed by atoms with Crippen molar-refractivity contribution in [2.45, 2.75) is 39.2 Å². The Kier molecular flexibility index (Phi) is 4.97. The molecule has 0 radical (unpaired) electrons. The van der Waals surface area contributed by atoms with Gasteiger partial charge >= 0.3 is 0 Å². The predicted molar refractivity (Wildman–Crippen MR) is 91.5 cm³/mol. The first-order valence-corrected chi connectivity index (χ1v) is 8.88. The number of methoxy groups -OCH3 is 1. The summed E-state index contributed by atoms with van der Waals surface area (Å²) in [6.45, 7) is 3.84. The van der Waals surface area contributed by atoms with Gasteiger partial charge in [-0.2, -0.15) is 0 Å². The minimum absolute atomic E-state index is 0.0485. The van der Waals surface area contributed by atoms with E-state index in [2.05, 4.69) is 0 Å². The van der Waals surface area contributed by atoms with Gasteiger partial charge in [0.05, 0.1) is 12.5 Å². The van der Waals surface area contributed by atoms with Crippen LogP contribution in [0.25, 0.3) is 0 Å². The molecular formula is C19H25FN2O3. The predicted octanol–water partition coefficient (Wildman–Crippen LogP) is 2.59.